The van der Waals surface area contributed by atoms with Gasteiger partial charge < -0.3 is 4.90 Å². The van der Waals surface area contributed by atoms with Crippen molar-refractivity contribution in [2.24, 2.45) is 0 Å². The number of benzene rings is 1. The number of nitro benzene ring substituents is 1. The molecule has 1 aliphatic heterocycles. The highest BCUT2D eigenvalue weighted by Gasteiger charge is 2.16. The third-order valence-electron chi connectivity index (χ3n) is 2.92. The summed E-state index contributed by atoms with van der Waals surface area (Å²) in [5, 5.41) is 10.6. The number of nitrogens with zero attached hydrogens (tertiary/aromatic N) is 2. The van der Waals surface area contributed by atoms with Crippen LogP contribution in [0.5, 0.6) is 0 Å². The Bertz CT molecular complexity index is 434. The summed E-state index contributed by atoms with van der Waals surface area (Å²) in [6.07, 6.45) is 2.03. The van der Waals surface area contributed by atoms with Crippen molar-refractivity contribution in [3.05, 3.63) is 34.1 Å². The summed E-state index contributed by atoms with van der Waals surface area (Å²) >= 11 is 1.93. The van der Waals surface area contributed by atoms with Gasteiger partial charge in [-0.1, -0.05) is 0 Å². The molecule has 0 aliphatic carbocycles. The number of hydrogen-bond acceptors (Lipinski definition) is 4. The number of anilines is 1. The van der Waals surface area contributed by atoms with Gasteiger partial charge >= 0.3 is 0 Å². The van der Waals surface area contributed by atoms with Gasteiger partial charge in [0.05, 0.1) is 16.7 Å². The predicted octanol–water partition coefficient (Wildman–Crippen LogP) is 3.07. The van der Waals surface area contributed by atoms with Crippen LogP contribution in [0.1, 0.15) is 12.8 Å². The Morgan fingerprint density at radius 2 is 1.94 bits per heavy atom. The maximum Gasteiger partial charge on any atom is 0.272 e. The maximum atomic E-state index is 13.9. The Morgan fingerprint density at radius 1 is 1.28 bits per heavy atom. The van der Waals surface area contributed by atoms with E-state index in [0.29, 0.717) is 5.69 Å². The van der Waals surface area contributed by atoms with Gasteiger partial charge in [-0.15, -0.1) is 0 Å². The highest BCUT2D eigenvalue weighted by atomic mass is 32.2. The van der Waals surface area contributed by atoms with Crippen LogP contribution in [-0.4, -0.2) is 29.5 Å². The van der Waals surface area contributed by atoms with Gasteiger partial charge in [-0.05, 0) is 30.4 Å². The van der Waals surface area contributed by atoms with E-state index in [1.165, 1.54) is 12.1 Å². The summed E-state index contributed by atoms with van der Waals surface area (Å²) in [7, 11) is 0. The summed E-state index contributed by atoms with van der Waals surface area (Å²) in [5.41, 5.74) is 0.284. The first-order valence-corrected chi connectivity index (χ1v) is 7.10. The van der Waals surface area contributed by atoms with Crippen LogP contribution in [0.4, 0.5) is 15.8 Å². The summed E-state index contributed by atoms with van der Waals surface area (Å²) < 4.78 is 13.9. The molecule has 1 aliphatic rings. The first-order chi connectivity index (χ1) is 8.68. The van der Waals surface area contributed by atoms with Gasteiger partial charge in [-0.25, -0.2) is 4.39 Å². The second kappa shape index (κ2) is 6.04. The van der Waals surface area contributed by atoms with Gasteiger partial charge in [0.2, 0.25) is 0 Å². The van der Waals surface area contributed by atoms with E-state index in [9.17, 15) is 14.5 Å². The first-order valence-electron chi connectivity index (χ1n) is 5.95. The Labute approximate surface area is 109 Å². The van der Waals surface area contributed by atoms with Crippen molar-refractivity contribution in [2.75, 3.05) is 29.5 Å². The minimum atomic E-state index is -0.572. The Kier molecular flexibility index (Phi) is 4.41. The molecule has 1 saturated heterocycles. The number of non-ortho nitro benzene ring substituents is 1. The lowest BCUT2D eigenvalue weighted by molar-refractivity contribution is -0.385. The van der Waals surface area contributed by atoms with E-state index >= 15 is 0 Å². The van der Waals surface area contributed by atoms with Gasteiger partial charge in [0.1, 0.15) is 0 Å². The van der Waals surface area contributed by atoms with Crippen LogP contribution in [0, 0.1) is 15.9 Å². The second-order valence-electron chi connectivity index (χ2n) is 4.20. The average molecular weight is 270 g/mol. The van der Waals surface area contributed by atoms with Gasteiger partial charge in [-0.2, -0.15) is 11.8 Å². The molecule has 0 aromatic heterocycles. The van der Waals surface area contributed by atoms with Crippen LogP contribution in [0.3, 0.4) is 0 Å². The molecule has 1 fully saturated rings. The van der Waals surface area contributed by atoms with Gasteiger partial charge in [-0.3, -0.25) is 10.1 Å². The van der Waals surface area contributed by atoms with E-state index in [1.54, 1.807) is 0 Å². The monoisotopic (exact) mass is 270 g/mol. The highest BCUT2D eigenvalue weighted by Crippen LogP contribution is 2.25. The molecule has 18 heavy (non-hydrogen) atoms. The van der Waals surface area contributed by atoms with Crippen LogP contribution in [-0.2, 0) is 0 Å². The van der Waals surface area contributed by atoms with E-state index in [-0.39, 0.29) is 5.69 Å². The molecule has 0 bridgehead atoms. The van der Waals surface area contributed by atoms with Crippen molar-refractivity contribution in [2.45, 2.75) is 12.8 Å². The van der Waals surface area contributed by atoms with Gasteiger partial charge in [0.25, 0.3) is 5.69 Å². The molecule has 6 heteroatoms. The van der Waals surface area contributed by atoms with Gasteiger partial charge in [0.15, 0.2) is 5.82 Å². The van der Waals surface area contributed by atoms with Crippen molar-refractivity contribution >= 4 is 23.1 Å². The third kappa shape index (κ3) is 3.13. The predicted molar refractivity (Wildman–Crippen MR) is 71.8 cm³/mol. The topological polar surface area (TPSA) is 46.4 Å². The summed E-state index contributed by atoms with van der Waals surface area (Å²) in [5.74, 6) is 1.67. The summed E-state index contributed by atoms with van der Waals surface area (Å²) in [6, 6.07) is 3.89. The molecule has 4 nitrogen and oxygen atoms in total. The van der Waals surface area contributed by atoms with E-state index in [2.05, 4.69) is 0 Å². The molecule has 1 aromatic carbocycles. The molecule has 0 saturated carbocycles. The number of thioether (sulfide) groups is 1. The summed E-state index contributed by atoms with van der Waals surface area (Å²) in [6.45, 7) is 1.61. The largest absolute Gasteiger partial charge is 0.369 e. The molecular weight excluding hydrogens is 255 g/mol. The fourth-order valence-corrected chi connectivity index (χ4v) is 2.91. The molecule has 0 unspecified atom stereocenters. The molecule has 1 heterocycles. The number of nitro groups is 1. The number of hydrogen-bond donors (Lipinski definition) is 0. The molecule has 0 N–H and O–H groups in total. The Balaban J connectivity index is 2.18. The zero-order valence-electron chi connectivity index (χ0n) is 9.97. The zero-order chi connectivity index (χ0) is 13.0. The van der Waals surface area contributed by atoms with Crippen LogP contribution >= 0.6 is 11.8 Å². The molecule has 1 aromatic rings. The van der Waals surface area contributed by atoms with Crippen LogP contribution in [0.2, 0.25) is 0 Å². The van der Waals surface area contributed by atoms with Gasteiger partial charge in [0, 0.05) is 19.2 Å². The SMILES string of the molecule is O=[N+]([O-])c1ccc(N2CCCSCCC2)c(F)c1. The summed E-state index contributed by atoms with van der Waals surface area (Å²) in [4.78, 5) is 12.0. The minimum absolute atomic E-state index is 0.196. The molecule has 0 radical (unpaired) electrons. The molecule has 98 valence electrons. The smallest absolute Gasteiger partial charge is 0.272 e. The lowest BCUT2D eigenvalue weighted by Crippen LogP contribution is -2.28. The third-order valence-corrected chi connectivity index (χ3v) is 4.07. The van der Waals surface area contributed by atoms with E-state index in [1.807, 2.05) is 16.7 Å². The Hall–Kier alpha value is -1.30. The normalized spacial score (nSPS) is 17.1. The van der Waals surface area contributed by atoms with E-state index in [4.69, 9.17) is 0 Å². The average Bonchev–Trinajstić information content (AvgIpc) is 2.29. The van der Waals surface area contributed by atoms with Crippen molar-refractivity contribution in [1.29, 1.82) is 0 Å². The second-order valence-corrected chi connectivity index (χ2v) is 5.42. The fraction of sp³-hybridized carbons (Fsp3) is 0.500. The molecule has 0 amide bonds. The van der Waals surface area contributed by atoms with Crippen molar-refractivity contribution < 1.29 is 9.31 Å². The maximum absolute atomic E-state index is 13.9. The van der Waals surface area contributed by atoms with Crippen LogP contribution in [0.15, 0.2) is 18.2 Å². The Morgan fingerprint density at radius 3 is 2.50 bits per heavy atom. The van der Waals surface area contributed by atoms with E-state index < -0.39 is 10.7 Å². The standard InChI is InChI=1S/C12H15FN2O2S/c13-11-9-10(15(16)17)3-4-12(11)14-5-1-7-18-8-2-6-14/h3-4,9H,1-2,5-8H2. The number of halogens is 1. The van der Waals surface area contributed by atoms with Crippen LogP contribution in [0.25, 0.3) is 0 Å². The quantitative estimate of drug-likeness (QED) is 0.612. The van der Waals surface area contributed by atoms with Crippen molar-refractivity contribution in [3.8, 4) is 0 Å². The lowest BCUT2D eigenvalue weighted by Gasteiger charge is -2.26. The minimum Gasteiger partial charge on any atom is -0.369 e. The molecule has 0 spiro atoms. The molecular formula is C12H15FN2O2S. The molecule has 2 rings (SSSR count). The highest BCUT2D eigenvalue weighted by molar-refractivity contribution is 7.99. The lowest BCUT2D eigenvalue weighted by atomic mass is 10.2. The first kappa shape index (κ1) is 13.1. The van der Waals surface area contributed by atoms with E-state index in [0.717, 1.165) is 43.5 Å². The zero-order valence-corrected chi connectivity index (χ0v) is 10.8. The number of rotatable bonds is 2. The van der Waals surface area contributed by atoms with Crippen molar-refractivity contribution in [1.82, 2.24) is 0 Å². The van der Waals surface area contributed by atoms with Crippen LogP contribution < -0.4 is 4.90 Å². The van der Waals surface area contributed by atoms with Crippen molar-refractivity contribution in [3.63, 3.8) is 0 Å². The fourth-order valence-electron chi connectivity index (χ4n) is 2.04. The molecule has 0 atom stereocenters.